The number of benzene rings is 1. The normalized spacial score (nSPS) is 11.5. The number of anilines is 1. The Balaban J connectivity index is 2.63. The fraction of sp³-hybridized carbons (Fsp3) is 0.0909. The molecular formula is C11H8F3N3. The zero-order valence-corrected chi connectivity index (χ0v) is 8.57. The quantitative estimate of drug-likeness (QED) is 0.778. The number of hydrogen-bond donors (Lipinski definition) is 1. The van der Waals surface area contributed by atoms with Crippen molar-refractivity contribution in [2.45, 2.75) is 6.18 Å². The lowest BCUT2D eigenvalue weighted by Crippen LogP contribution is -2.09. The summed E-state index contributed by atoms with van der Waals surface area (Å²) in [5.41, 5.74) is 4.51. The number of alkyl halides is 3. The Morgan fingerprint density at radius 2 is 1.71 bits per heavy atom. The topological polar surface area (TPSA) is 51.8 Å². The van der Waals surface area contributed by atoms with Gasteiger partial charge in [0, 0.05) is 23.6 Å². The maximum atomic E-state index is 12.8. The molecule has 0 aliphatic rings. The predicted molar refractivity (Wildman–Crippen MR) is 56.9 cm³/mol. The van der Waals surface area contributed by atoms with Crippen molar-refractivity contribution >= 4 is 5.69 Å². The van der Waals surface area contributed by atoms with Crippen LogP contribution in [0.3, 0.4) is 0 Å². The van der Waals surface area contributed by atoms with Gasteiger partial charge in [0.05, 0.1) is 5.56 Å². The molecule has 2 N–H and O–H groups in total. The average Bonchev–Trinajstić information content (AvgIpc) is 2.29. The van der Waals surface area contributed by atoms with Crippen LogP contribution in [0.5, 0.6) is 0 Å². The molecule has 1 aromatic heterocycles. The average molecular weight is 239 g/mol. The Morgan fingerprint density at radius 3 is 2.29 bits per heavy atom. The van der Waals surface area contributed by atoms with E-state index in [0.29, 0.717) is 0 Å². The van der Waals surface area contributed by atoms with E-state index in [4.69, 9.17) is 5.73 Å². The largest absolute Gasteiger partial charge is 0.417 e. The number of halogens is 3. The Bertz CT molecular complexity index is 523. The van der Waals surface area contributed by atoms with Gasteiger partial charge in [0.1, 0.15) is 0 Å². The van der Waals surface area contributed by atoms with Crippen LogP contribution in [0.2, 0.25) is 0 Å². The van der Waals surface area contributed by atoms with Crippen LogP contribution in [-0.2, 0) is 6.18 Å². The van der Waals surface area contributed by atoms with Crippen LogP contribution in [-0.4, -0.2) is 9.97 Å². The van der Waals surface area contributed by atoms with E-state index >= 15 is 0 Å². The van der Waals surface area contributed by atoms with Gasteiger partial charge in [-0.3, -0.25) is 0 Å². The molecule has 0 spiro atoms. The lowest BCUT2D eigenvalue weighted by molar-refractivity contribution is -0.137. The van der Waals surface area contributed by atoms with Gasteiger partial charge in [0.15, 0.2) is 5.82 Å². The van der Waals surface area contributed by atoms with Crippen LogP contribution in [0.4, 0.5) is 18.9 Å². The van der Waals surface area contributed by atoms with Crippen molar-refractivity contribution < 1.29 is 13.2 Å². The zero-order valence-electron chi connectivity index (χ0n) is 8.57. The molecule has 0 aliphatic carbocycles. The smallest absolute Gasteiger partial charge is 0.399 e. The number of nitrogen functional groups attached to an aromatic ring is 1. The van der Waals surface area contributed by atoms with Crippen molar-refractivity contribution in [3.8, 4) is 11.4 Å². The van der Waals surface area contributed by atoms with Gasteiger partial charge in [0.25, 0.3) is 0 Å². The maximum Gasteiger partial charge on any atom is 0.417 e. The molecule has 17 heavy (non-hydrogen) atoms. The molecule has 1 heterocycles. The van der Waals surface area contributed by atoms with Gasteiger partial charge in [-0.1, -0.05) is 0 Å². The monoisotopic (exact) mass is 239 g/mol. The Kier molecular flexibility index (Phi) is 2.71. The molecule has 0 unspecified atom stereocenters. The molecule has 0 atom stereocenters. The lowest BCUT2D eigenvalue weighted by atomic mass is 10.1. The van der Waals surface area contributed by atoms with E-state index < -0.39 is 11.7 Å². The van der Waals surface area contributed by atoms with Gasteiger partial charge in [0.2, 0.25) is 0 Å². The minimum Gasteiger partial charge on any atom is -0.399 e. The summed E-state index contributed by atoms with van der Waals surface area (Å²) in [4.78, 5) is 7.60. The fourth-order valence-corrected chi connectivity index (χ4v) is 1.43. The Hall–Kier alpha value is -2.11. The summed E-state index contributed by atoms with van der Waals surface area (Å²) in [7, 11) is 0. The molecule has 0 amide bonds. The minimum atomic E-state index is -4.48. The highest BCUT2D eigenvalue weighted by Gasteiger charge is 2.34. The molecule has 1 aromatic carbocycles. The number of nitrogens with zero attached hydrogens (tertiary/aromatic N) is 2. The molecule has 0 radical (unpaired) electrons. The van der Waals surface area contributed by atoms with Crippen molar-refractivity contribution in [3.63, 3.8) is 0 Å². The van der Waals surface area contributed by atoms with Crippen LogP contribution in [0.25, 0.3) is 11.4 Å². The van der Waals surface area contributed by atoms with E-state index in [-0.39, 0.29) is 17.1 Å². The zero-order chi connectivity index (χ0) is 12.5. The molecule has 2 aromatic rings. The first kappa shape index (κ1) is 11.4. The highest BCUT2D eigenvalue weighted by molar-refractivity contribution is 5.64. The van der Waals surface area contributed by atoms with E-state index in [1.807, 2.05) is 0 Å². The highest BCUT2D eigenvalue weighted by Crippen LogP contribution is 2.36. The van der Waals surface area contributed by atoms with E-state index in [1.54, 1.807) is 0 Å². The van der Waals surface area contributed by atoms with Crippen molar-refractivity contribution in [2.75, 3.05) is 5.73 Å². The first-order valence-electron chi connectivity index (χ1n) is 4.72. The second-order valence-electron chi connectivity index (χ2n) is 3.38. The molecule has 0 saturated heterocycles. The Labute approximate surface area is 95.1 Å². The summed E-state index contributed by atoms with van der Waals surface area (Å²) in [6.07, 6.45) is -1.71. The third-order valence-electron chi connectivity index (χ3n) is 2.16. The standard InChI is InChI=1S/C11H8F3N3/c12-11(13,14)9-6-7(15)2-3-8(9)10-16-4-1-5-17-10/h1-6H,15H2. The van der Waals surface area contributed by atoms with Crippen LogP contribution in [0.15, 0.2) is 36.7 Å². The number of rotatable bonds is 1. The van der Waals surface area contributed by atoms with Crippen LogP contribution in [0.1, 0.15) is 5.56 Å². The van der Waals surface area contributed by atoms with Crippen molar-refractivity contribution in [2.24, 2.45) is 0 Å². The van der Waals surface area contributed by atoms with E-state index in [1.165, 1.54) is 30.6 Å². The molecule has 0 saturated carbocycles. The highest BCUT2D eigenvalue weighted by atomic mass is 19.4. The van der Waals surface area contributed by atoms with Gasteiger partial charge in [-0.25, -0.2) is 9.97 Å². The number of aromatic nitrogens is 2. The van der Waals surface area contributed by atoms with Gasteiger partial charge >= 0.3 is 6.18 Å². The second-order valence-corrected chi connectivity index (χ2v) is 3.38. The third-order valence-corrected chi connectivity index (χ3v) is 2.16. The minimum absolute atomic E-state index is 0.0276. The van der Waals surface area contributed by atoms with Gasteiger partial charge in [-0.05, 0) is 24.3 Å². The summed E-state index contributed by atoms with van der Waals surface area (Å²) in [6.45, 7) is 0. The summed E-state index contributed by atoms with van der Waals surface area (Å²) < 4.78 is 38.4. The first-order valence-corrected chi connectivity index (χ1v) is 4.72. The van der Waals surface area contributed by atoms with Crippen LogP contribution < -0.4 is 5.73 Å². The van der Waals surface area contributed by atoms with Crippen LogP contribution in [0, 0.1) is 0 Å². The second kappa shape index (κ2) is 4.04. The molecule has 88 valence electrons. The molecule has 0 bridgehead atoms. The summed E-state index contributed by atoms with van der Waals surface area (Å²) >= 11 is 0. The molecule has 3 nitrogen and oxygen atoms in total. The molecule has 0 fully saturated rings. The summed E-state index contributed by atoms with van der Waals surface area (Å²) in [6, 6.07) is 5.08. The summed E-state index contributed by atoms with van der Waals surface area (Å²) in [5, 5.41) is 0. The molecule has 2 rings (SSSR count). The van der Waals surface area contributed by atoms with Crippen LogP contribution >= 0.6 is 0 Å². The van der Waals surface area contributed by atoms with E-state index in [9.17, 15) is 13.2 Å². The predicted octanol–water partition coefficient (Wildman–Crippen LogP) is 2.74. The SMILES string of the molecule is Nc1ccc(-c2ncccn2)c(C(F)(F)F)c1. The number of hydrogen-bond acceptors (Lipinski definition) is 3. The van der Waals surface area contributed by atoms with Crippen molar-refractivity contribution in [1.82, 2.24) is 9.97 Å². The third kappa shape index (κ3) is 2.35. The fourth-order valence-electron chi connectivity index (χ4n) is 1.43. The molecule has 6 heteroatoms. The van der Waals surface area contributed by atoms with Gasteiger partial charge in [-0.15, -0.1) is 0 Å². The number of nitrogens with two attached hydrogens (primary N) is 1. The Morgan fingerprint density at radius 1 is 1.06 bits per heavy atom. The molecular weight excluding hydrogens is 231 g/mol. The maximum absolute atomic E-state index is 12.8. The van der Waals surface area contributed by atoms with E-state index in [0.717, 1.165) is 6.07 Å². The van der Waals surface area contributed by atoms with Gasteiger partial charge in [-0.2, -0.15) is 13.2 Å². The first-order chi connectivity index (χ1) is 7.98. The van der Waals surface area contributed by atoms with Gasteiger partial charge < -0.3 is 5.73 Å². The van der Waals surface area contributed by atoms with Crippen molar-refractivity contribution in [3.05, 3.63) is 42.2 Å². The summed E-state index contributed by atoms with van der Waals surface area (Å²) in [5.74, 6) is 0.0276. The lowest BCUT2D eigenvalue weighted by Gasteiger charge is -2.12. The molecule has 0 aliphatic heterocycles. The van der Waals surface area contributed by atoms with Crippen molar-refractivity contribution in [1.29, 1.82) is 0 Å². The van der Waals surface area contributed by atoms with E-state index in [2.05, 4.69) is 9.97 Å².